The molecule has 0 aliphatic rings. The highest BCUT2D eigenvalue weighted by Gasteiger charge is 2.22. The zero-order valence-electron chi connectivity index (χ0n) is 17.8. The molecule has 0 fully saturated rings. The first-order valence-electron chi connectivity index (χ1n) is 9.64. The maximum absolute atomic E-state index is 12.6. The van der Waals surface area contributed by atoms with Gasteiger partial charge in [0.15, 0.2) is 5.16 Å². The molecule has 7 nitrogen and oxygen atoms in total. The number of aromatic nitrogens is 5. The van der Waals surface area contributed by atoms with Gasteiger partial charge in [-0.2, -0.15) is 5.10 Å². The average Bonchev–Trinajstić information content (AvgIpc) is 3.24. The maximum Gasteiger partial charge on any atom is 0.236 e. The van der Waals surface area contributed by atoms with E-state index in [1.54, 1.807) is 4.68 Å². The number of thioether (sulfide) groups is 1. The lowest BCUT2D eigenvalue weighted by molar-refractivity contribution is -0.113. The van der Waals surface area contributed by atoms with Crippen molar-refractivity contribution in [3.05, 3.63) is 47.9 Å². The summed E-state index contributed by atoms with van der Waals surface area (Å²) >= 11 is 1.37. The summed E-state index contributed by atoms with van der Waals surface area (Å²) in [7, 11) is 1.93. The lowest BCUT2D eigenvalue weighted by Crippen LogP contribution is -2.17. The molecule has 154 valence electrons. The van der Waals surface area contributed by atoms with E-state index in [1.165, 1.54) is 11.8 Å². The van der Waals surface area contributed by atoms with Crippen LogP contribution < -0.4 is 5.32 Å². The van der Waals surface area contributed by atoms with Crippen LogP contribution >= 0.6 is 11.8 Å². The zero-order valence-corrected chi connectivity index (χ0v) is 18.6. The number of nitrogens with zero attached hydrogens (tertiary/aromatic N) is 5. The fraction of sp³-hybridized carbons (Fsp3) is 0.429. The van der Waals surface area contributed by atoms with Gasteiger partial charge in [-0.1, -0.05) is 64.6 Å². The van der Waals surface area contributed by atoms with Crippen molar-refractivity contribution in [2.45, 2.75) is 51.1 Å². The number of para-hydroxylation sites is 1. The van der Waals surface area contributed by atoms with E-state index < -0.39 is 0 Å². The summed E-state index contributed by atoms with van der Waals surface area (Å²) < 4.78 is 3.72. The number of anilines is 1. The SMILES string of the molecule is CC(C)c1nnc(SCC(=O)Nc2cc(C(C)(C)C)nn2-c2ccccc2)n1C. The molecule has 2 aromatic heterocycles. The first-order chi connectivity index (χ1) is 13.7. The molecule has 1 amide bonds. The average molecular weight is 413 g/mol. The number of amides is 1. The van der Waals surface area contributed by atoms with Gasteiger partial charge in [-0.15, -0.1) is 10.2 Å². The standard InChI is InChI=1S/C21H28N6OS/c1-14(2)19-23-24-20(26(19)6)29-13-18(28)22-17-12-16(21(3,4)5)25-27(17)15-10-8-7-9-11-15/h7-12,14H,13H2,1-6H3,(H,22,28). The molecule has 0 spiro atoms. The van der Waals surface area contributed by atoms with Gasteiger partial charge in [0.25, 0.3) is 0 Å². The van der Waals surface area contributed by atoms with Crippen molar-refractivity contribution >= 4 is 23.5 Å². The summed E-state index contributed by atoms with van der Waals surface area (Å²) in [6.07, 6.45) is 0. The number of hydrogen-bond acceptors (Lipinski definition) is 5. The predicted molar refractivity (Wildman–Crippen MR) is 117 cm³/mol. The van der Waals surface area contributed by atoms with Crippen LogP contribution in [0.1, 0.15) is 52.1 Å². The Morgan fingerprint density at radius 3 is 2.45 bits per heavy atom. The molecule has 8 heteroatoms. The van der Waals surface area contributed by atoms with E-state index >= 15 is 0 Å². The molecule has 2 heterocycles. The Bertz CT molecular complexity index is 985. The second-order valence-corrected chi connectivity index (χ2v) is 9.25. The van der Waals surface area contributed by atoms with E-state index in [9.17, 15) is 4.79 Å². The number of carbonyl (C=O) groups excluding carboxylic acids is 1. The third kappa shape index (κ3) is 4.87. The topological polar surface area (TPSA) is 77.6 Å². The normalized spacial score (nSPS) is 11.8. The van der Waals surface area contributed by atoms with Crippen LogP contribution in [-0.2, 0) is 17.3 Å². The van der Waals surface area contributed by atoms with E-state index in [1.807, 2.05) is 48.0 Å². The minimum absolute atomic E-state index is 0.110. The van der Waals surface area contributed by atoms with Crippen molar-refractivity contribution in [3.63, 3.8) is 0 Å². The van der Waals surface area contributed by atoms with Crippen molar-refractivity contribution in [2.75, 3.05) is 11.1 Å². The van der Waals surface area contributed by atoms with E-state index in [2.05, 4.69) is 50.1 Å². The maximum atomic E-state index is 12.6. The van der Waals surface area contributed by atoms with Gasteiger partial charge in [-0.3, -0.25) is 4.79 Å². The Hall–Kier alpha value is -2.61. The Kier molecular flexibility index (Phi) is 6.12. The lowest BCUT2D eigenvalue weighted by atomic mass is 9.92. The molecule has 0 saturated carbocycles. The Balaban J connectivity index is 1.77. The number of benzene rings is 1. The summed E-state index contributed by atoms with van der Waals surface area (Å²) in [5.41, 5.74) is 1.69. The van der Waals surface area contributed by atoms with Gasteiger partial charge in [0.2, 0.25) is 5.91 Å². The highest BCUT2D eigenvalue weighted by molar-refractivity contribution is 7.99. The van der Waals surface area contributed by atoms with E-state index in [-0.39, 0.29) is 23.0 Å². The second-order valence-electron chi connectivity index (χ2n) is 8.30. The van der Waals surface area contributed by atoms with E-state index in [4.69, 9.17) is 5.10 Å². The highest BCUT2D eigenvalue weighted by atomic mass is 32.2. The molecule has 3 aromatic rings. The molecule has 0 aliphatic heterocycles. The van der Waals surface area contributed by atoms with Gasteiger partial charge in [0.1, 0.15) is 11.6 Å². The zero-order chi connectivity index (χ0) is 21.2. The molecule has 0 bridgehead atoms. The Labute approximate surface area is 175 Å². The van der Waals surface area contributed by atoms with Crippen LogP contribution in [0.2, 0.25) is 0 Å². The van der Waals surface area contributed by atoms with Crippen LogP contribution in [0.15, 0.2) is 41.6 Å². The van der Waals surface area contributed by atoms with Crippen LogP contribution in [0.3, 0.4) is 0 Å². The van der Waals surface area contributed by atoms with Gasteiger partial charge in [0, 0.05) is 24.4 Å². The molecule has 3 rings (SSSR count). The van der Waals surface area contributed by atoms with Crippen molar-refractivity contribution in [1.29, 1.82) is 0 Å². The molecular weight excluding hydrogens is 384 g/mol. The molecule has 0 radical (unpaired) electrons. The van der Waals surface area contributed by atoms with Crippen LogP contribution in [0, 0.1) is 0 Å². The predicted octanol–water partition coefficient (Wildman–Crippen LogP) is 4.15. The smallest absolute Gasteiger partial charge is 0.236 e. The van der Waals surface area contributed by atoms with Gasteiger partial charge < -0.3 is 9.88 Å². The summed E-state index contributed by atoms with van der Waals surface area (Å²) in [6.45, 7) is 10.5. The fourth-order valence-corrected chi connectivity index (χ4v) is 3.58. The third-order valence-corrected chi connectivity index (χ3v) is 5.48. The summed E-state index contributed by atoms with van der Waals surface area (Å²) in [4.78, 5) is 12.6. The van der Waals surface area contributed by atoms with Crippen molar-refractivity contribution in [2.24, 2.45) is 7.05 Å². The number of rotatable bonds is 6. The molecule has 0 aliphatic carbocycles. The summed E-state index contributed by atoms with van der Waals surface area (Å²) in [5.74, 6) is 1.99. The monoisotopic (exact) mass is 412 g/mol. The number of hydrogen-bond donors (Lipinski definition) is 1. The van der Waals surface area contributed by atoms with Crippen molar-refractivity contribution < 1.29 is 4.79 Å². The number of carbonyl (C=O) groups is 1. The largest absolute Gasteiger partial charge is 0.310 e. The minimum atomic E-state index is -0.125. The Morgan fingerprint density at radius 1 is 1.17 bits per heavy atom. The van der Waals surface area contributed by atoms with E-state index in [0.717, 1.165) is 22.4 Å². The molecule has 0 unspecified atom stereocenters. The second kappa shape index (κ2) is 8.41. The van der Waals surface area contributed by atoms with Crippen molar-refractivity contribution in [3.8, 4) is 5.69 Å². The third-order valence-electron chi connectivity index (χ3n) is 4.46. The quantitative estimate of drug-likeness (QED) is 0.615. The van der Waals surface area contributed by atoms with Crippen LogP contribution in [0.4, 0.5) is 5.82 Å². The van der Waals surface area contributed by atoms with E-state index in [0.29, 0.717) is 5.82 Å². The molecule has 1 aromatic carbocycles. The molecule has 1 N–H and O–H groups in total. The molecule has 0 atom stereocenters. The van der Waals surface area contributed by atoms with Gasteiger partial charge in [0.05, 0.1) is 17.1 Å². The van der Waals surface area contributed by atoms with Crippen LogP contribution in [0.25, 0.3) is 5.69 Å². The Morgan fingerprint density at radius 2 is 1.86 bits per heavy atom. The minimum Gasteiger partial charge on any atom is -0.310 e. The summed E-state index contributed by atoms with van der Waals surface area (Å²) in [5, 5.41) is 16.9. The van der Waals surface area contributed by atoms with Crippen LogP contribution in [0.5, 0.6) is 0 Å². The lowest BCUT2D eigenvalue weighted by Gasteiger charge is -2.14. The first kappa shape index (κ1) is 21.1. The van der Waals surface area contributed by atoms with Gasteiger partial charge in [-0.05, 0) is 12.1 Å². The molecule has 29 heavy (non-hydrogen) atoms. The molecule has 0 saturated heterocycles. The number of nitrogens with one attached hydrogen (secondary N) is 1. The molecular formula is C21H28N6OS. The van der Waals surface area contributed by atoms with Gasteiger partial charge in [-0.25, -0.2) is 4.68 Å². The fourth-order valence-electron chi connectivity index (χ4n) is 2.87. The highest BCUT2D eigenvalue weighted by Crippen LogP contribution is 2.27. The summed E-state index contributed by atoms with van der Waals surface area (Å²) in [6, 6.07) is 11.7. The first-order valence-corrected chi connectivity index (χ1v) is 10.6. The van der Waals surface area contributed by atoms with Crippen molar-refractivity contribution in [1.82, 2.24) is 24.5 Å². The van der Waals surface area contributed by atoms with Crippen LogP contribution in [-0.4, -0.2) is 36.2 Å². The van der Waals surface area contributed by atoms with Gasteiger partial charge >= 0.3 is 0 Å².